The number of amides is 3. The Kier molecular flexibility index (Phi) is 5.63. The van der Waals surface area contributed by atoms with Crippen LogP contribution in [0.25, 0.3) is 16.8 Å². The molecular formula is C21H20FN5O5. The van der Waals surface area contributed by atoms with Gasteiger partial charge >= 0.3 is 12.2 Å². The molecular weight excluding hydrogens is 421 g/mol. The average Bonchev–Trinajstić information content (AvgIpc) is 3.33. The lowest BCUT2D eigenvalue weighted by molar-refractivity contribution is -0.119. The van der Waals surface area contributed by atoms with Gasteiger partial charge in [0.1, 0.15) is 17.6 Å². The Morgan fingerprint density at radius 1 is 1.28 bits per heavy atom. The lowest BCUT2D eigenvalue weighted by atomic mass is 10.1. The molecule has 3 heterocycles. The van der Waals surface area contributed by atoms with E-state index in [2.05, 4.69) is 20.4 Å². The molecule has 10 nitrogen and oxygen atoms in total. The number of nitrogens with one attached hydrogen (secondary N) is 2. The summed E-state index contributed by atoms with van der Waals surface area (Å²) in [6, 6.07) is 7.86. The summed E-state index contributed by atoms with van der Waals surface area (Å²) < 4.78 is 26.4. The van der Waals surface area contributed by atoms with Crippen molar-refractivity contribution in [3.05, 3.63) is 48.5 Å². The number of carbonyl (C=O) groups excluding carboxylic acids is 3. The largest absolute Gasteiger partial charge is 0.453 e. The zero-order valence-electron chi connectivity index (χ0n) is 17.3. The fraction of sp³-hybridized carbons (Fsp3) is 0.238. The number of fused-ring (bicyclic) bond motifs is 1. The summed E-state index contributed by atoms with van der Waals surface area (Å²) in [6.45, 7) is 1.77. The summed E-state index contributed by atoms with van der Waals surface area (Å²) in [5.74, 6) is -0.447. The van der Waals surface area contributed by atoms with E-state index >= 15 is 0 Å². The third-order valence-electron chi connectivity index (χ3n) is 4.89. The van der Waals surface area contributed by atoms with Gasteiger partial charge in [0.2, 0.25) is 5.91 Å². The Labute approximate surface area is 181 Å². The van der Waals surface area contributed by atoms with E-state index in [1.807, 2.05) is 0 Å². The number of nitrogens with zero attached hydrogens (tertiary/aromatic N) is 3. The summed E-state index contributed by atoms with van der Waals surface area (Å²) in [7, 11) is 1.25. The number of imidazole rings is 1. The molecule has 1 saturated heterocycles. The van der Waals surface area contributed by atoms with Gasteiger partial charge in [0, 0.05) is 24.2 Å². The predicted octanol–water partition coefficient (Wildman–Crippen LogP) is 2.78. The van der Waals surface area contributed by atoms with Crippen LogP contribution in [0.2, 0.25) is 0 Å². The van der Waals surface area contributed by atoms with Crippen molar-refractivity contribution in [1.82, 2.24) is 14.7 Å². The highest BCUT2D eigenvalue weighted by molar-refractivity contribution is 5.90. The molecule has 166 valence electrons. The second kappa shape index (κ2) is 8.53. The second-order valence-corrected chi connectivity index (χ2v) is 7.14. The maximum absolute atomic E-state index is 15.0. The third kappa shape index (κ3) is 4.31. The van der Waals surface area contributed by atoms with Gasteiger partial charge in [-0.25, -0.2) is 19.0 Å². The molecule has 1 atom stereocenters. The van der Waals surface area contributed by atoms with E-state index in [-0.39, 0.29) is 19.0 Å². The molecule has 11 heteroatoms. The molecule has 0 unspecified atom stereocenters. The van der Waals surface area contributed by atoms with Crippen LogP contribution in [-0.4, -0.2) is 53.8 Å². The molecule has 1 aliphatic heterocycles. The molecule has 0 spiro atoms. The lowest BCUT2D eigenvalue weighted by Crippen LogP contribution is -2.33. The van der Waals surface area contributed by atoms with E-state index in [0.717, 1.165) is 0 Å². The first-order valence-corrected chi connectivity index (χ1v) is 9.70. The minimum atomic E-state index is -0.644. The zero-order valence-corrected chi connectivity index (χ0v) is 17.3. The van der Waals surface area contributed by atoms with Crippen LogP contribution in [-0.2, 0) is 14.3 Å². The SMILES string of the molecule is COC(=O)Nc1cn2cc(-c3ccc(N4C[C@H](CNC(C)=O)OC4=O)cc3F)ccc2n1. The van der Waals surface area contributed by atoms with Gasteiger partial charge in [-0.15, -0.1) is 0 Å². The Hall–Kier alpha value is -4.15. The first-order valence-electron chi connectivity index (χ1n) is 9.70. The quantitative estimate of drug-likeness (QED) is 0.629. The van der Waals surface area contributed by atoms with Crippen LogP contribution in [0.1, 0.15) is 6.92 Å². The molecule has 0 aliphatic carbocycles. The fourth-order valence-corrected chi connectivity index (χ4v) is 3.37. The van der Waals surface area contributed by atoms with Crippen molar-refractivity contribution >= 4 is 35.2 Å². The van der Waals surface area contributed by atoms with E-state index in [4.69, 9.17) is 4.74 Å². The monoisotopic (exact) mass is 441 g/mol. The summed E-state index contributed by atoms with van der Waals surface area (Å²) in [5, 5.41) is 5.07. The number of pyridine rings is 1. The zero-order chi connectivity index (χ0) is 22.8. The van der Waals surface area contributed by atoms with Crippen LogP contribution in [0.3, 0.4) is 0 Å². The minimum Gasteiger partial charge on any atom is -0.453 e. The number of carbonyl (C=O) groups is 3. The Bertz CT molecular complexity index is 1210. The molecule has 2 N–H and O–H groups in total. The van der Waals surface area contributed by atoms with E-state index < -0.39 is 24.1 Å². The highest BCUT2D eigenvalue weighted by atomic mass is 19.1. The van der Waals surface area contributed by atoms with Crippen molar-refractivity contribution in [1.29, 1.82) is 0 Å². The molecule has 0 bridgehead atoms. The highest BCUT2D eigenvalue weighted by Gasteiger charge is 2.32. The highest BCUT2D eigenvalue weighted by Crippen LogP contribution is 2.29. The summed E-state index contributed by atoms with van der Waals surface area (Å²) >= 11 is 0. The maximum Gasteiger partial charge on any atom is 0.414 e. The second-order valence-electron chi connectivity index (χ2n) is 7.14. The average molecular weight is 441 g/mol. The number of benzene rings is 1. The molecule has 4 rings (SSSR count). The molecule has 3 amide bonds. The molecule has 0 saturated carbocycles. The summed E-state index contributed by atoms with van der Waals surface area (Å²) in [6.07, 6.45) is 1.51. The first-order chi connectivity index (χ1) is 15.3. The Morgan fingerprint density at radius 2 is 2.09 bits per heavy atom. The molecule has 2 aromatic heterocycles. The van der Waals surface area contributed by atoms with E-state index in [1.54, 1.807) is 41.1 Å². The minimum absolute atomic E-state index is 0.190. The number of cyclic esters (lactones) is 1. The van der Waals surface area contributed by atoms with Crippen molar-refractivity contribution in [3.63, 3.8) is 0 Å². The van der Waals surface area contributed by atoms with Crippen LogP contribution in [0, 0.1) is 5.82 Å². The summed E-state index contributed by atoms with van der Waals surface area (Å²) in [4.78, 5) is 40.1. The van der Waals surface area contributed by atoms with Gasteiger partial charge in [-0.1, -0.05) is 0 Å². The topological polar surface area (TPSA) is 114 Å². The normalized spacial score (nSPS) is 15.5. The Morgan fingerprint density at radius 3 is 2.81 bits per heavy atom. The smallest absolute Gasteiger partial charge is 0.414 e. The van der Waals surface area contributed by atoms with Gasteiger partial charge in [0.15, 0.2) is 5.82 Å². The van der Waals surface area contributed by atoms with Crippen LogP contribution >= 0.6 is 0 Å². The molecule has 3 aromatic rings. The number of anilines is 2. The fourth-order valence-electron chi connectivity index (χ4n) is 3.37. The van der Waals surface area contributed by atoms with E-state index in [0.29, 0.717) is 28.3 Å². The van der Waals surface area contributed by atoms with E-state index in [9.17, 15) is 18.8 Å². The number of ether oxygens (including phenoxy) is 2. The van der Waals surface area contributed by atoms with Crippen LogP contribution in [0.4, 0.5) is 25.5 Å². The van der Waals surface area contributed by atoms with Gasteiger partial charge in [-0.3, -0.25) is 15.0 Å². The van der Waals surface area contributed by atoms with Crippen molar-refractivity contribution in [2.24, 2.45) is 0 Å². The molecule has 1 aromatic carbocycles. The van der Waals surface area contributed by atoms with Gasteiger partial charge in [0.25, 0.3) is 0 Å². The van der Waals surface area contributed by atoms with E-state index in [1.165, 1.54) is 25.0 Å². The third-order valence-corrected chi connectivity index (χ3v) is 4.89. The van der Waals surface area contributed by atoms with Crippen molar-refractivity contribution in [3.8, 4) is 11.1 Å². The molecule has 32 heavy (non-hydrogen) atoms. The molecule has 1 aliphatic rings. The van der Waals surface area contributed by atoms with Crippen LogP contribution < -0.4 is 15.5 Å². The number of aromatic nitrogens is 2. The van der Waals surface area contributed by atoms with Gasteiger partial charge in [-0.05, 0) is 30.3 Å². The number of methoxy groups -OCH3 is 1. The van der Waals surface area contributed by atoms with Crippen molar-refractivity contribution in [2.45, 2.75) is 13.0 Å². The van der Waals surface area contributed by atoms with Gasteiger partial charge in [0.05, 0.1) is 32.1 Å². The maximum atomic E-state index is 15.0. The number of hydrogen-bond donors (Lipinski definition) is 2. The van der Waals surface area contributed by atoms with Gasteiger partial charge in [-0.2, -0.15) is 0 Å². The van der Waals surface area contributed by atoms with Crippen LogP contribution in [0.5, 0.6) is 0 Å². The molecule has 1 fully saturated rings. The van der Waals surface area contributed by atoms with Gasteiger partial charge < -0.3 is 19.2 Å². The standard InChI is InChI=1S/C21H20FN5O5/c1-12(28)23-8-15-10-27(21(30)32-15)14-4-5-16(17(22)7-14)13-3-6-19-24-18(11-26(19)9-13)25-20(29)31-2/h3-7,9,11,15H,8,10H2,1-2H3,(H,23,28)(H,25,29)/t15-/m0/s1. The first kappa shape index (κ1) is 21.1. The number of rotatable bonds is 5. The molecule has 0 radical (unpaired) electrons. The lowest BCUT2D eigenvalue weighted by Gasteiger charge is -2.14. The number of hydrogen-bond acceptors (Lipinski definition) is 6. The summed E-state index contributed by atoms with van der Waals surface area (Å²) in [5.41, 5.74) is 1.82. The number of halogens is 1. The predicted molar refractivity (Wildman–Crippen MR) is 113 cm³/mol. The van der Waals surface area contributed by atoms with Crippen molar-refractivity contribution in [2.75, 3.05) is 30.4 Å². The Balaban J connectivity index is 1.54. The van der Waals surface area contributed by atoms with Crippen molar-refractivity contribution < 1.29 is 28.2 Å². The van der Waals surface area contributed by atoms with Crippen LogP contribution in [0.15, 0.2) is 42.7 Å².